The molecule has 134 valence electrons. The van der Waals surface area contributed by atoms with E-state index in [1.54, 1.807) is 0 Å². The van der Waals surface area contributed by atoms with E-state index in [0.29, 0.717) is 23.9 Å². The lowest BCUT2D eigenvalue weighted by Crippen LogP contribution is -2.32. The van der Waals surface area contributed by atoms with Gasteiger partial charge in [0.05, 0.1) is 12.7 Å². The molecule has 0 aromatic heterocycles. The summed E-state index contributed by atoms with van der Waals surface area (Å²) in [6, 6.07) is 21.7. The molecule has 0 N–H and O–H groups in total. The van der Waals surface area contributed by atoms with Crippen LogP contribution in [0.25, 0.3) is 0 Å². The molecular weight excluding hydrogens is 304 g/mol. The van der Waals surface area contributed by atoms with Crippen molar-refractivity contribution >= 4 is 0 Å². The van der Waals surface area contributed by atoms with Crippen molar-refractivity contribution in [1.82, 2.24) is 0 Å². The zero-order valence-electron chi connectivity index (χ0n) is 15.7. The average molecular weight is 337 g/mol. The Kier molecular flexibility index (Phi) is 6.69. The van der Waals surface area contributed by atoms with E-state index in [2.05, 4.69) is 74.5 Å². The minimum Gasteiger partial charge on any atom is -0.377 e. The first kappa shape index (κ1) is 18.2. The first-order chi connectivity index (χ1) is 12.3. The summed E-state index contributed by atoms with van der Waals surface area (Å²) in [7, 11) is 0. The molecule has 1 fully saturated rings. The second-order valence-corrected chi connectivity index (χ2v) is 7.71. The van der Waals surface area contributed by atoms with E-state index >= 15 is 0 Å². The van der Waals surface area contributed by atoms with Gasteiger partial charge in [0.2, 0.25) is 0 Å². The number of rotatable bonds is 7. The zero-order valence-corrected chi connectivity index (χ0v) is 15.7. The van der Waals surface area contributed by atoms with Crippen molar-refractivity contribution in [1.29, 1.82) is 0 Å². The fourth-order valence-corrected chi connectivity index (χ4v) is 4.23. The lowest BCUT2D eigenvalue weighted by molar-refractivity contribution is -0.0189. The van der Waals surface area contributed by atoms with Gasteiger partial charge in [-0.1, -0.05) is 93.8 Å². The quantitative estimate of drug-likeness (QED) is 0.556. The van der Waals surface area contributed by atoms with E-state index < -0.39 is 0 Å². The summed E-state index contributed by atoms with van der Waals surface area (Å²) in [6.07, 6.45) is 7.08. The molecule has 0 saturated heterocycles. The van der Waals surface area contributed by atoms with Gasteiger partial charge < -0.3 is 4.74 Å². The summed E-state index contributed by atoms with van der Waals surface area (Å²) in [5.74, 6) is 1.59. The van der Waals surface area contributed by atoms with Gasteiger partial charge in [0.1, 0.15) is 0 Å². The highest BCUT2D eigenvalue weighted by molar-refractivity contribution is 5.21. The Labute approximate surface area is 153 Å². The van der Waals surface area contributed by atoms with Crippen LogP contribution in [0.5, 0.6) is 0 Å². The van der Waals surface area contributed by atoms with Crippen LogP contribution in [0, 0.1) is 5.92 Å². The number of ether oxygens (including phenoxy) is 1. The van der Waals surface area contributed by atoms with E-state index in [-0.39, 0.29) is 0 Å². The lowest BCUT2D eigenvalue weighted by atomic mass is 9.78. The number of hydrogen-bond donors (Lipinski definition) is 0. The average Bonchev–Trinajstić information content (AvgIpc) is 2.70. The minimum absolute atomic E-state index is 0.328. The normalized spacial score (nSPS) is 19.3. The van der Waals surface area contributed by atoms with Crippen LogP contribution in [-0.4, -0.2) is 12.7 Å². The van der Waals surface area contributed by atoms with Gasteiger partial charge in [-0.3, -0.25) is 0 Å². The molecule has 0 heterocycles. The summed E-state index contributed by atoms with van der Waals surface area (Å²) in [6.45, 7) is 5.44. The second-order valence-electron chi connectivity index (χ2n) is 7.71. The Morgan fingerprint density at radius 3 is 1.96 bits per heavy atom. The van der Waals surface area contributed by atoms with Crippen LogP contribution >= 0.6 is 0 Å². The SMILES string of the molecule is CC(COC(C1CCCCC1)C(C)c1ccccc1)c1ccccc1. The van der Waals surface area contributed by atoms with Crippen molar-refractivity contribution in [3.8, 4) is 0 Å². The molecule has 0 radical (unpaired) electrons. The predicted octanol–water partition coefficient (Wildman–Crippen LogP) is 6.56. The van der Waals surface area contributed by atoms with Gasteiger partial charge in [-0.15, -0.1) is 0 Å². The van der Waals surface area contributed by atoms with E-state index in [1.807, 2.05) is 0 Å². The van der Waals surface area contributed by atoms with Crippen LogP contribution in [0.15, 0.2) is 60.7 Å². The third-order valence-corrected chi connectivity index (χ3v) is 5.84. The van der Waals surface area contributed by atoms with E-state index in [1.165, 1.54) is 43.2 Å². The topological polar surface area (TPSA) is 9.23 Å². The Morgan fingerprint density at radius 2 is 1.36 bits per heavy atom. The van der Waals surface area contributed by atoms with Crippen LogP contribution in [0.3, 0.4) is 0 Å². The summed E-state index contributed by atoms with van der Waals surface area (Å²) in [5.41, 5.74) is 2.78. The minimum atomic E-state index is 0.328. The third-order valence-electron chi connectivity index (χ3n) is 5.84. The van der Waals surface area contributed by atoms with E-state index in [9.17, 15) is 0 Å². The van der Waals surface area contributed by atoms with Crippen molar-refractivity contribution in [3.05, 3.63) is 71.8 Å². The highest BCUT2D eigenvalue weighted by Crippen LogP contribution is 2.36. The lowest BCUT2D eigenvalue weighted by Gasteiger charge is -2.35. The Balaban J connectivity index is 1.70. The van der Waals surface area contributed by atoms with Gasteiger partial charge in [0.15, 0.2) is 0 Å². The molecule has 0 amide bonds. The smallest absolute Gasteiger partial charge is 0.0669 e. The molecule has 2 aromatic carbocycles. The van der Waals surface area contributed by atoms with Gasteiger partial charge in [0.25, 0.3) is 0 Å². The molecule has 0 spiro atoms. The first-order valence-electron chi connectivity index (χ1n) is 9.97. The van der Waals surface area contributed by atoms with Crippen LogP contribution in [0.2, 0.25) is 0 Å². The van der Waals surface area contributed by atoms with Crippen LogP contribution < -0.4 is 0 Å². The number of hydrogen-bond acceptors (Lipinski definition) is 1. The molecule has 1 saturated carbocycles. The fraction of sp³-hybridized carbons (Fsp3) is 0.500. The monoisotopic (exact) mass is 336 g/mol. The molecule has 0 bridgehead atoms. The zero-order chi connectivity index (χ0) is 17.5. The summed E-state index contributed by atoms with van der Waals surface area (Å²) in [5, 5.41) is 0. The van der Waals surface area contributed by atoms with Crippen molar-refractivity contribution < 1.29 is 4.74 Å². The summed E-state index contributed by atoms with van der Waals surface area (Å²) >= 11 is 0. The maximum atomic E-state index is 6.61. The molecule has 1 aliphatic carbocycles. The number of benzene rings is 2. The van der Waals surface area contributed by atoms with Crippen molar-refractivity contribution in [3.63, 3.8) is 0 Å². The molecule has 1 heteroatoms. The maximum absolute atomic E-state index is 6.61. The predicted molar refractivity (Wildman–Crippen MR) is 106 cm³/mol. The van der Waals surface area contributed by atoms with E-state index in [0.717, 1.165) is 6.61 Å². The molecule has 1 aliphatic rings. The standard InChI is InChI=1S/C24H32O/c1-19(21-12-6-3-7-13-21)18-25-24(23-16-10-5-11-17-23)20(2)22-14-8-4-9-15-22/h3-4,6-9,12-15,19-20,23-24H,5,10-11,16-18H2,1-2H3. The second kappa shape index (κ2) is 9.20. The van der Waals surface area contributed by atoms with Crippen molar-refractivity contribution in [2.24, 2.45) is 5.92 Å². The molecule has 3 unspecified atom stereocenters. The van der Waals surface area contributed by atoms with Crippen molar-refractivity contribution in [2.75, 3.05) is 6.61 Å². The van der Waals surface area contributed by atoms with Gasteiger partial charge >= 0.3 is 0 Å². The Hall–Kier alpha value is -1.60. The summed E-state index contributed by atoms with van der Waals surface area (Å²) < 4.78 is 6.61. The Bertz CT molecular complexity index is 601. The third kappa shape index (κ3) is 4.95. The van der Waals surface area contributed by atoms with Gasteiger partial charge in [-0.2, -0.15) is 0 Å². The highest BCUT2D eigenvalue weighted by Gasteiger charge is 2.30. The molecule has 0 aliphatic heterocycles. The molecule has 3 atom stereocenters. The molecule has 25 heavy (non-hydrogen) atoms. The summed E-state index contributed by atoms with van der Waals surface area (Å²) in [4.78, 5) is 0. The maximum Gasteiger partial charge on any atom is 0.0669 e. The van der Waals surface area contributed by atoms with Gasteiger partial charge in [-0.05, 0) is 29.9 Å². The Morgan fingerprint density at radius 1 is 0.800 bits per heavy atom. The first-order valence-corrected chi connectivity index (χ1v) is 9.97. The van der Waals surface area contributed by atoms with Crippen LogP contribution in [-0.2, 0) is 4.74 Å². The largest absolute Gasteiger partial charge is 0.377 e. The molecule has 2 aromatic rings. The van der Waals surface area contributed by atoms with E-state index in [4.69, 9.17) is 4.74 Å². The fourth-order valence-electron chi connectivity index (χ4n) is 4.23. The molecular formula is C24H32O. The van der Waals surface area contributed by atoms with Gasteiger partial charge in [0, 0.05) is 11.8 Å². The van der Waals surface area contributed by atoms with Crippen LogP contribution in [0.1, 0.15) is 68.9 Å². The highest BCUT2D eigenvalue weighted by atomic mass is 16.5. The van der Waals surface area contributed by atoms with Crippen LogP contribution in [0.4, 0.5) is 0 Å². The van der Waals surface area contributed by atoms with Gasteiger partial charge in [-0.25, -0.2) is 0 Å². The molecule has 1 nitrogen and oxygen atoms in total. The molecule has 3 rings (SSSR count). The van der Waals surface area contributed by atoms with Crippen molar-refractivity contribution in [2.45, 2.75) is 63.9 Å².